The van der Waals surface area contributed by atoms with Crippen LogP contribution in [0.4, 0.5) is 10.8 Å². The van der Waals surface area contributed by atoms with Crippen LogP contribution in [0, 0.1) is 0 Å². The van der Waals surface area contributed by atoms with E-state index in [2.05, 4.69) is 15.5 Å². The number of amides is 1. The van der Waals surface area contributed by atoms with Gasteiger partial charge in [0.2, 0.25) is 11.0 Å². The average Bonchev–Trinajstić information content (AvgIpc) is 2.91. The number of phenols is 1. The summed E-state index contributed by atoms with van der Waals surface area (Å²) >= 11 is 2.40. The maximum Gasteiger partial charge on any atom is 0.341 e. The molecule has 0 aliphatic heterocycles. The fraction of sp³-hybridized carbons (Fsp3) is 0.231. The van der Waals surface area contributed by atoms with E-state index in [0.717, 1.165) is 0 Å². The van der Waals surface area contributed by atoms with Crippen molar-refractivity contribution in [3.05, 3.63) is 23.8 Å². The molecular weight excluding hydrogens is 340 g/mol. The predicted octanol–water partition coefficient (Wildman–Crippen LogP) is 1.73. The van der Waals surface area contributed by atoms with Crippen molar-refractivity contribution in [1.29, 1.82) is 0 Å². The maximum absolute atomic E-state index is 11.8. The number of hydrogen-bond acceptors (Lipinski definition) is 9. The van der Waals surface area contributed by atoms with Crippen LogP contribution in [-0.2, 0) is 9.53 Å². The van der Waals surface area contributed by atoms with Gasteiger partial charge in [-0.3, -0.25) is 4.79 Å². The van der Waals surface area contributed by atoms with Gasteiger partial charge in [-0.25, -0.2) is 4.79 Å². The fourth-order valence-electron chi connectivity index (χ4n) is 1.59. The number of nitrogens with zero attached hydrogens (tertiary/aromatic N) is 2. The van der Waals surface area contributed by atoms with Crippen molar-refractivity contribution in [3.63, 3.8) is 0 Å². The Hall–Kier alpha value is -2.33. The zero-order valence-corrected chi connectivity index (χ0v) is 13.7. The Morgan fingerprint density at radius 2 is 2.22 bits per heavy atom. The van der Waals surface area contributed by atoms with Crippen molar-refractivity contribution >= 4 is 45.8 Å². The molecule has 0 atom stereocenters. The van der Waals surface area contributed by atoms with Crippen LogP contribution in [0.25, 0.3) is 0 Å². The molecule has 23 heavy (non-hydrogen) atoms. The van der Waals surface area contributed by atoms with Gasteiger partial charge >= 0.3 is 5.97 Å². The van der Waals surface area contributed by atoms with Crippen molar-refractivity contribution in [1.82, 2.24) is 10.2 Å². The molecule has 0 spiro atoms. The minimum absolute atomic E-state index is 0.0450. The molecule has 2 rings (SSSR count). The first-order valence-corrected chi connectivity index (χ1v) is 8.31. The van der Waals surface area contributed by atoms with Crippen LogP contribution in [-0.4, -0.2) is 39.5 Å². The molecule has 10 heteroatoms. The number of nitrogens with two attached hydrogens (primary N) is 1. The monoisotopic (exact) mass is 354 g/mol. The highest BCUT2D eigenvalue weighted by atomic mass is 32.2. The molecule has 4 N–H and O–H groups in total. The van der Waals surface area contributed by atoms with E-state index in [-0.39, 0.29) is 29.6 Å². The molecule has 2 aromatic rings. The molecule has 0 bridgehead atoms. The van der Waals surface area contributed by atoms with Crippen LogP contribution in [0.5, 0.6) is 5.75 Å². The van der Waals surface area contributed by atoms with Crippen molar-refractivity contribution in [3.8, 4) is 5.75 Å². The number of hydrogen-bond donors (Lipinski definition) is 3. The molecule has 0 saturated heterocycles. The second kappa shape index (κ2) is 7.79. The highest BCUT2D eigenvalue weighted by molar-refractivity contribution is 8.01. The number of rotatable bonds is 6. The normalized spacial score (nSPS) is 10.3. The van der Waals surface area contributed by atoms with Gasteiger partial charge in [0.15, 0.2) is 4.34 Å². The van der Waals surface area contributed by atoms with Gasteiger partial charge in [-0.15, -0.1) is 10.2 Å². The molecule has 8 nitrogen and oxygen atoms in total. The van der Waals surface area contributed by atoms with Gasteiger partial charge in [-0.1, -0.05) is 23.1 Å². The third kappa shape index (κ3) is 4.83. The van der Waals surface area contributed by atoms with Crippen LogP contribution < -0.4 is 11.1 Å². The highest BCUT2D eigenvalue weighted by Crippen LogP contribution is 2.25. The zero-order valence-electron chi connectivity index (χ0n) is 12.1. The molecule has 1 aromatic carbocycles. The predicted molar refractivity (Wildman–Crippen MR) is 87.7 cm³/mol. The second-order valence-corrected chi connectivity index (χ2v) is 6.43. The number of esters is 1. The molecule has 1 amide bonds. The molecule has 122 valence electrons. The van der Waals surface area contributed by atoms with Crippen LogP contribution in [0.2, 0.25) is 0 Å². The van der Waals surface area contributed by atoms with Crippen LogP contribution in [0.15, 0.2) is 22.5 Å². The van der Waals surface area contributed by atoms with Crippen molar-refractivity contribution in [2.24, 2.45) is 0 Å². The first-order valence-electron chi connectivity index (χ1n) is 6.51. The lowest BCUT2D eigenvalue weighted by atomic mass is 10.2. The number of benzene rings is 1. The van der Waals surface area contributed by atoms with Crippen LogP contribution in [0.3, 0.4) is 0 Å². The van der Waals surface area contributed by atoms with Crippen molar-refractivity contribution in [2.75, 3.05) is 23.4 Å². The Balaban J connectivity index is 1.93. The van der Waals surface area contributed by atoms with Gasteiger partial charge in [0.1, 0.15) is 11.3 Å². The summed E-state index contributed by atoms with van der Waals surface area (Å²) in [6.07, 6.45) is 0. The number of nitrogens with one attached hydrogen (secondary N) is 1. The standard InChI is InChI=1S/C13H14N4O4S2/c1-2-21-11(20)8-4-3-7(5-9(8)18)15-10(19)6-22-13-17-16-12(14)23-13/h3-5,18H,2,6H2,1H3,(H2,14,16)(H,15,19). The Morgan fingerprint density at radius 3 is 2.83 bits per heavy atom. The summed E-state index contributed by atoms with van der Waals surface area (Å²) in [5.74, 6) is -1.04. The first kappa shape index (κ1) is 17.0. The Kier molecular flexibility index (Phi) is 5.77. The quantitative estimate of drug-likeness (QED) is 0.529. The second-order valence-electron chi connectivity index (χ2n) is 4.20. The van der Waals surface area contributed by atoms with E-state index in [1.807, 2.05) is 0 Å². The van der Waals surface area contributed by atoms with Crippen molar-refractivity contribution < 1.29 is 19.4 Å². The number of nitrogen functional groups attached to an aromatic ring is 1. The van der Waals surface area contributed by atoms with E-state index < -0.39 is 5.97 Å². The summed E-state index contributed by atoms with van der Waals surface area (Å²) < 4.78 is 5.40. The Bertz CT molecular complexity index is 720. The highest BCUT2D eigenvalue weighted by Gasteiger charge is 2.13. The summed E-state index contributed by atoms with van der Waals surface area (Å²) in [6, 6.07) is 4.19. The third-order valence-corrected chi connectivity index (χ3v) is 4.41. The third-order valence-electron chi connectivity index (χ3n) is 2.53. The first-order chi connectivity index (χ1) is 11.0. The number of ether oxygens (including phenoxy) is 1. The molecule has 0 fully saturated rings. The number of anilines is 2. The molecular formula is C13H14N4O4S2. The summed E-state index contributed by atoms with van der Waals surface area (Å²) in [5, 5.41) is 20.2. The lowest BCUT2D eigenvalue weighted by Crippen LogP contribution is -2.14. The molecule has 0 saturated carbocycles. The Labute approximate surface area is 140 Å². The summed E-state index contributed by atoms with van der Waals surface area (Å²) in [4.78, 5) is 23.4. The van der Waals surface area contributed by atoms with E-state index >= 15 is 0 Å². The zero-order chi connectivity index (χ0) is 16.8. The smallest absolute Gasteiger partial charge is 0.341 e. The van der Waals surface area contributed by atoms with Gasteiger partial charge in [0.05, 0.1) is 12.4 Å². The fourth-order valence-corrected chi connectivity index (χ4v) is 3.03. The van der Waals surface area contributed by atoms with Gasteiger partial charge in [0, 0.05) is 11.8 Å². The SMILES string of the molecule is CCOC(=O)c1ccc(NC(=O)CSc2nnc(N)s2)cc1O. The number of aromatic nitrogens is 2. The minimum atomic E-state index is -0.618. The van der Waals surface area contributed by atoms with Crippen LogP contribution >= 0.6 is 23.1 Å². The van der Waals surface area contributed by atoms with E-state index in [1.54, 1.807) is 6.92 Å². The van der Waals surface area contributed by atoms with Gasteiger partial charge in [0.25, 0.3) is 0 Å². The molecule has 1 heterocycles. The molecule has 0 unspecified atom stereocenters. The average molecular weight is 354 g/mol. The minimum Gasteiger partial charge on any atom is -0.507 e. The summed E-state index contributed by atoms with van der Waals surface area (Å²) in [7, 11) is 0. The summed E-state index contributed by atoms with van der Waals surface area (Å²) in [5.41, 5.74) is 5.87. The number of phenolic OH excluding ortho intramolecular Hbond substituents is 1. The number of aromatic hydroxyl groups is 1. The number of carbonyl (C=O) groups is 2. The van der Waals surface area contributed by atoms with Crippen LogP contribution in [0.1, 0.15) is 17.3 Å². The topological polar surface area (TPSA) is 127 Å². The van der Waals surface area contributed by atoms with E-state index in [9.17, 15) is 14.7 Å². The van der Waals surface area contributed by atoms with Crippen molar-refractivity contribution in [2.45, 2.75) is 11.3 Å². The van der Waals surface area contributed by atoms with Gasteiger partial charge in [-0.05, 0) is 19.1 Å². The molecule has 0 radical (unpaired) electrons. The summed E-state index contributed by atoms with van der Waals surface area (Å²) in [6.45, 7) is 1.89. The Morgan fingerprint density at radius 1 is 1.43 bits per heavy atom. The largest absolute Gasteiger partial charge is 0.507 e. The molecule has 0 aliphatic carbocycles. The number of thioether (sulfide) groups is 1. The van der Waals surface area contributed by atoms with E-state index in [4.69, 9.17) is 10.5 Å². The molecule has 1 aromatic heterocycles. The van der Waals surface area contributed by atoms with Gasteiger partial charge < -0.3 is 20.9 Å². The van der Waals surface area contributed by atoms with Gasteiger partial charge in [-0.2, -0.15) is 0 Å². The van der Waals surface area contributed by atoms with E-state index in [0.29, 0.717) is 15.2 Å². The van der Waals surface area contributed by atoms with E-state index in [1.165, 1.54) is 41.3 Å². The lowest BCUT2D eigenvalue weighted by Gasteiger charge is -2.08. The maximum atomic E-state index is 11.8. The molecule has 0 aliphatic rings. The lowest BCUT2D eigenvalue weighted by molar-refractivity contribution is -0.113. The number of carbonyl (C=O) groups excluding carboxylic acids is 2.